The van der Waals surface area contributed by atoms with Gasteiger partial charge in [0.05, 0.1) is 4.92 Å². The predicted octanol–water partition coefficient (Wildman–Crippen LogP) is 1.76. The second-order valence-electron chi connectivity index (χ2n) is 8.17. The van der Waals surface area contributed by atoms with E-state index in [1.807, 2.05) is 0 Å². The molecule has 192 valence electrons. The van der Waals surface area contributed by atoms with Crippen molar-refractivity contribution < 1.29 is 33.9 Å². The number of benzene rings is 2. The van der Waals surface area contributed by atoms with Crippen LogP contribution < -0.4 is 15.0 Å². The number of para-hydroxylation sites is 3. The quantitative estimate of drug-likeness (QED) is 0.282. The first-order chi connectivity index (χ1) is 17.7. The van der Waals surface area contributed by atoms with E-state index in [2.05, 4.69) is 5.32 Å². The van der Waals surface area contributed by atoms with Gasteiger partial charge in [-0.2, -0.15) is 0 Å². The van der Waals surface area contributed by atoms with Crippen LogP contribution in [0.4, 0.5) is 11.4 Å². The van der Waals surface area contributed by atoms with Gasteiger partial charge < -0.3 is 20.1 Å². The molecule has 0 saturated carbocycles. The topological polar surface area (TPSA) is 159 Å². The number of fused-ring (bicyclic) bond motifs is 1. The number of β-lactam (4-membered cyclic amide) rings is 1. The van der Waals surface area contributed by atoms with E-state index in [1.165, 1.54) is 42.1 Å². The summed E-state index contributed by atoms with van der Waals surface area (Å²) in [6.45, 7) is 0.757. The summed E-state index contributed by atoms with van der Waals surface area (Å²) in [7, 11) is 0. The minimum absolute atomic E-state index is 0.0933. The monoisotopic (exact) mass is 526 g/mol. The molecule has 1 fully saturated rings. The van der Waals surface area contributed by atoms with Crippen LogP contribution in [0, 0.1) is 10.1 Å². The number of anilines is 1. The van der Waals surface area contributed by atoms with Gasteiger partial charge in [0.1, 0.15) is 23.7 Å². The average Bonchev–Trinajstić information content (AvgIpc) is 2.89. The van der Waals surface area contributed by atoms with E-state index >= 15 is 0 Å². The number of carboxylic acids is 1. The highest BCUT2D eigenvalue weighted by Gasteiger charge is 2.53. The molecule has 0 aromatic heterocycles. The van der Waals surface area contributed by atoms with Gasteiger partial charge in [-0.25, -0.2) is 4.79 Å². The molecule has 4 rings (SSSR count). The Bertz CT molecular complexity index is 1280. The summed E-state index contributed by atoms with van der Waals surface area (Å²) in [5.74, 6) is -3.15. The van der Waals surface area contributed by atoms with Gasteiger partial charge in [-0.15, -0.1) is 11.8 Å². The molecule has 2 aromatic carbocycles. The molecule has 2 heterocycles. The molecular formula is C24H22N4O8S. The number of rotatable bonds is 9. The van der Waals surface area contributed by atoms with Crippen molar-refractivity contribution >= 4 is 46.8 Å². The number of carbonyl (C=O) groups excluding carboxylic acids is 3. The second kappa shape index (κ2) is 10.7. The van der Waals surface area contributed by atoms with Crippen LogP contribution in [0.3, 0.4) is 0 Å². The number of nitro benzene ring substituents is 1. The number of aliphatic carboxylic acids is 1. The van der Waals surface area contributed by atoms with Crippen molar-refractivity contribution in [1.29, 1.82) is 0 Å². The smallest absolute Gasteiger partial charge is 0.352 e. The van der Waals surface area contributed by atoms with Crippen LogP contribution in [0.25, 0.3) is 0 Å². The second-order valence-corrected chi connectivity index (χ2v) is 9.67. The van der Waals surface area contributed by atoms with Gasteiger partial charge in [0.2, 0.25) is 5.91 Å². The van der Waals surface area contributed by atoms with Crippen molar-refractivity contribution in [1.82, 2.24) is 10.2 Å². The number of thioether (sulfide) groups is 1. The molecule has 3 amide bonds. The average molecular weight is 527 g/mol. The lowest BCUT2D eigenvalue weighted by Gasteiger charge is -2.49. The molecule has 0 bridgehead atoms. The van der Waals surface area contributed by atoms with Crippen molar-refractivity contribution in [3.63, 3.8) is 0 Å². The maximum absolute atomic E-state index is 13.1. The van der Waals surface area contributed by atoms with Crippen LogP contribution in [-0.2, 0) is 19.2 Å². The van der Waals surface area contributed by atoms with Crippen molar-refractivity contribution in [3.05, 3.63) is 76.5 Å². The summed E-state index contributed by atoms with van der Waals surface area (Å²) >= 11 is 1.34. The van der Waals surface area contributed by atoms with Gasteiger partial charge in [-0.05, 0) is 31.2 Å². The maximum Gasteiger partial charge on any atom is 0.352 e. The minimum Gasteiger partial charge on any atom is -0.477 e. The van der Waals surface area contributed by atoms with Gasteiger partial charge in [-0.1, -0.05) is 30.3 Å². The zero-order chi connectivity index (χ0) is 26.7. The lowest BCUT2D eigenvalue weighted by atomic mass is 10.0. The number of carboxylic acid groups (broad SMARTS) is 1. The summed E-state index contributed by atoms with van der Waals surface area (Å²) in [6.07, 6.45) is 1.48. The Morgan fingerprint density at radius 3 is 2.51 bits per heavy atom. The summed E-state index contributed by atoms with van der Waals surface area (Å²) in [4.78, 5) is 63.0. The van der Waals surface area contributed by atoms with Crippen LogP contribution >= 0.6 is 11.8 Å². The number of nitro groups is 1. The molecule has 0 radical (unpaired) electrons. The standard InChI is InChI=1S/C24H22N4O8S/c1-14-11-17(24(32)33)27-22(31)21(23(27)37-14)25-19(29)12-26(15-7-3-2-4-8-15)20(30)13-36-18-10-6-5-9-16(18)28(34)35/h2-11,14,21,23H,12-13H2,1H3,(H,25,29)(H,32,33)/t14?,21?,23-/m0/s1. The summed E-state index contributed by atoms with van der Waals surface area (Å²) < 4.78 is 5.40. The Kier molecular flexibility index (Phi) is 7.43. The van der Waals surface area contributed by atoms with Crippen LogP contribution in [0.1, 0.15) is 6.92 Å². The van der Waals surface area contributed by atoms with Crippen LogP contribution in [0.5, 0.6) is 5.75 Å². The molecule has 0 spiro atoms. The van der Waals surface area contributed by atoms with Crippen LogP contribution in [0.15, 0.2) is 66.4 Å². The summed E-state index contributed by atoms with van der Waals surface area (Å²) in [5, 5.41) is 22.5. The molecule has 0 aliphatic carbocycles. The van der Waals surface area contributed by atoms with E-state index in [0.717, 1.165) is 9.80 Å². The summed E-state index contributed by atoms with van der Waals surface area (Å²) in [6, 6.07) is 12.9. The van der Waals surface area contributed by atoms with Crippen molar-refractivity contribution in [2.24, 2.45) is 0 Å². The fourth-order valence-electron chi connectivity index (χ4n) is 3.97. The highest BCUT2D eigenvalue weighted by molar-refractivity contribution is 8.00. The highest BCUT2D eigenvalue weighted by Crippen LogP contribution is 2.40. The molecule has 3 atom stereocenters. The normalized spacial score (nSPS) is 20.1. The number of nitrogens with one attached hydrogen (secondary N) is 1. The molecule has 2 aromatic rings. The van der Waals surface area contributed by atoms with E-state index in [9.17, 15) is 34.4 Å². The first-order valence-electron chi connectivity index (χ1n) is 11.1. The molecule has 13 heteroatoms. The zero-order valence-electron chi connectivity index (χ0n) is 19.5. The zero-order valence-corrected chi connectivity index (χ0v) is 20.3. The summed E-state index contributed by atoms with van der Waals surface area (Å²) in [5.41, 5.74) is -0.0477. The lowest BCUT2D eigenvalue weighted by molar-refractivity contribution is -0.385. The third kappa shape index (κ3) is 5.40. The number of nitrogens with zero attached hydrogens (tertiary/aromatic N) is 3. The molecule has 2 unspecified atom stereocenters. The number of amides is 3. The number of hydrogen-bond donors (Lipinski definition) is 2. The number of ether oxygens (including phenoxy) is 1. The van der Waals surface area contributed by atoms with Crippen molar-refractivity contribution in [3.8, 4) is 5.75 Å². The van der Waals surface area contributed by atoms with E-state index in [1.54, 1.807) is 37.3 Å². The van der Waals surface area contributed by atoms with Crippen LogP contribution in [-0.4, -0.2) is 68.4 Å². The number of hydrogen-bond acceptors (Lipinski definition) is 8. The third-order valence-corrected chi connectivity index (χ3v) is 7.00. The van der Waals surface area contributed by atoms with Crippen LogP contribution in [0.2, 0.25) is 0 Å². The Morgan fingerprint density at radius 2 is 1.84 bits per heavy atom. The van der Waals surface area contributed by atoms with E-state index in [-0.39, 0.29) is 22.4 Å². The van der Waals surface area contributed by atoms with Gasteiger partial charge >= 0.3 is 11.7 Å². The lowest BCUT2D eigenvalue weighted by Crippen LogP contribution is -2.71. The molecular weight excluding hydrogens is 504 g/mol. The Hall–Kier alpha value is -4.39. The predicted molar refractivity (Wildman–Crippen MR) is 133 cm³/mol. The van der Waals surface area contributed by atoms with Gasteiger partial charge in [0, 0.05) is 17.0 Å². The largest absolute Gasteiger partial charge is 0.477 e. The Labute approximate surface area is 215 Å². The van der Waals surface area contributed by atoms with Crippen molar-refractivity contribution in [2.75, 3.05) is 18.1 Å². The maximum atomic E-state index is 13.1. The molecule has 2 N–H and O–H groups in total. The highest BCUT2D eigenvalue weighted by atomic mass is 32.2. The third-order valence-electron chi connectivity index (χ3n) is 5.67. The Balaban J connectivity index is 1.45. The van der Waals surface area contributed by atoms with Gasteiger partial charge in [0.15, 0.2) is 12.4 Å². The van der Waals surface area contributed by atoms with E-state index in [4.69, 9.17) is 4.74 Å². The molecule has 37 heavy (non-hydrogen) atoms. The fourth-order valence-corrected chi connectivity index (χ4v) is 5.30. The Morgan fingerprint density at radius 1 is 1.16 bits per heavy atom. The molecule has 12 nitrogen and oxygen atoms in total. The molecule has 1 saturated heterocycles. The SMILES string of the molecule is CC1C=C(C(=O)O)N2C(=O)C(NC(=O)CN(C(=O)COc3ccccc3[N+](=O)[O-])c3ccccc3)[C@@H]2S1. The fraction of sp³-hybridized carbons (Fsp3) is 0.250. The minimum atomic E-state index is -1.23. The molecule has 2 aliphatic rings. The van der Waals surface area contributed by atoms with E-state index in [0.29, 0.717) is 5.69 Å². The molecule has 2 aliphatic heterocycles. The van der Waals surface area contributed by atoms with Gasteiger partial charge in [0.25, 0.3) is 11.8 Å². The van der Waals surface area contributed by atoms with E-state index < -0.39 is 53.2 Å². The van der Waals surface area contributed by atoms with Gasteiger partial charge in [-0.3, -0.25) is 29.4 Å². The first-order valence-corrected chi connectivity index (χ1v) is 12.1. The first kappa shape index (κ1) is 25.7. The number of carbonyl (C=O) groups is 4. The van der Waals surface area contributed by atoms with Crippen molar-refractivity contribution in [2.45, 2.75) is 23.6 Å².